The Morgan fingerprint density at radius 3 is 2.59 bits per heavy atom. The first-order valence-corrected chi connectivity index (χ1v) is 6.00. The van der Waals surface area contributed by atoms with Crippen molar-refractivity contribution in [1.82, 2.24) is 0 Å². The zero-order valence-corrected chi connectivity index (χ0v) is 10.2. The Balaban J connectivity index is 2.38. The number of aryl methyl sites for hydroxylation is 1. The molecule has 0 heterocycles. The van der Waals surface area contributed by atoms with Gasteiger partial charge < -0.3 is 5.11 Å². The summed E-state index contributed by atoms with van der Waals surface area (Å²) in [6, 6.07) is 4.98. The van der Waals surface area contributed by atoms with Crippen molar-refractivity contribution in [2.45, 2.75) is 38.5 Å². The summed E-state index contributed by atoms with van der Waals surface area (Å²) in [6.07, 6.45) is 2.40. The molecule has 0 aromatic heterocycles. The maximum absolute atomic E-state index is 13.2. The van der Waals surface area contributed by atoms with Gasteiger partial charge in [0.25, 0.3) is 0 Å². The number of rotatable bonds is 4. The third-order valence-electron chi connectivity index (χ3n) is 3.89. The molecule has 1 unspecified atom stereocenters. The van der Waals surface area contributed by atoms with Crippen LogP contribution in [0.5, 0.6) is 0 Å². The van der Waals surface area contributed by atoms with Crippen molar-refractivity contribution < 1.29 is 14.3 Å². The van der Waals surface area contributed by atoms with Gasteiger partial charge >= 0.3 is 5.97 Å². The number of carbonyl (C=O) groups is 1. The van der Waals surface area contributed by atoms with E-state index in [4.69, 9.17) is 0 Å². The van der Waals surface area contributed by atoms with Crippen LogP contribution in [-0.4, -0.2) is 11.1 Å². The van der Waals surface area contributed by atoms with E-state index in [1.807, 2.05) is 6.92 Å². The van der Waals surface area contributed by atoms with Crippen LogP contribution >= 0.6 is 0 Å². The predicted molar refractivity (Wildman–Crippen MR) is 63.5 cm³/mol. The molecule has 1 fully saturated rings. The van der Waals surface area contributed by atoms with Crippen molar-refractivity contribution >= 4 is 5.97 Å². The molecule has 3 heteroatoms. The molecule has 0 amide bonds. The molecular weight excluding hydrogens is 219 g/mol. The van der Waals surface area contributed by atoms with Crippen molar-refractivity contribution in [2.24, 2.45) is 5.92 Å². The Morgan fingerprint density at radius 2 is 2.18 bits per heavy atom. The monoisotopic (exact) mass is 236 g/mol. The van der Waals surface area contributed by atoms with E-state index in [1.165, 1.54) is 6.07 Å². The van der Waals surface area contributed by atoms with Gasteiger partial charge in [0.05, 0.1) is 5.92 Å². The number of carboxylic acids is 1. The Hall–Kier alpha value is -1.38. The summed E-state index contributed by atoms with van der Waals surface area (Å²) in [4.78, 5) is 11.3. The summed E-state index contributed by atoms with van der Waals surface area (Å²) in [6.45, 7) is 3.62. The van der Waals surface area contributed by atoms with E-state index in [9.17, 15) is 14.3 Å². The van der Waals surface area contributed by atoms with E-state index < -0.39 is 5.97 Å². The van der Waals surface area contributed by atoms with E-state index in [2.05, 4.69) is 0 Å². The predicted octanol–water partition coefficient (Wildman–Crippen LogP) is 3.28. The van der Waals surface area contributed by atoms with Crippen molar-refractivity contribution in [2.75, 3.05) is 0 Å². The molecule has 1 aliphatic rings. The minimum atomic E-state index is -0.744. The largest absolute Gasteiger partial charge is 0.481 e. The molecule has 0 saturated heterocycles. The van der Waals surface area contributed by atoms with Gasteiger partial charge in [-0.3, -0.25) is 4.79 Å². The van der Waals surface area contributed by atoms with Gasteiger partial charge in [-0.2, -0.15) is 0 Å². The number of halogens is 1. The molecule has 0 aliphatic heterocycles. The van der Waals surface area contributed by atoms with Crippen molar-refractivity contribution in [3.05, 3.63) is 35.1 Å². The minimum Gasteiger partial charge on any atom is -0.481 e. The highest BCUT2D eigenvalue weighted by Gasteiger charge is 2.52. The van der Waals surface area contributed by atoms with Crippen LogP contribution in [0.2, 0.25) is 0 Å². The zero-order valence-electron chi connectivity index (χ0n) is 10.2. The van der Waals surface area contributed by atoms with Crippen LogP contribution in [0.4, 0.5) is 4.39 Å². The van der Waals surface area contributed by atoms with Gasteiger partial charge in [-0.15, -0.1) is 0 Å². The minimum absolute atomic E-state index is 0.229. The molecule has 17 heavy (non-hydrogen) atoms. The Labute approximate surface area is 100 Å². The van der Waals surface area contributed by atoms with E-state index in [0.29, 0.717) is 12.0 Å². The molecule has 0 radical (unpaired) electrons. The number of carboxylic acid groups (broad SMARTS) is 1. The topological polar surface area (TPSA) is 37.3 Å². The molecular formula is C14H17FO2. The molecule has 0 bridgehead atoms. The lowest BCUT2D eigenvalue weighted by Gasteiger charge is -2.23. The summed E-state index contributed by atoms with van der Waals surface area (Å²) in [7, 11) is 0. The second-order valence-electron chi connectivity index (χ2n) is 4.92. The van der Waals surface area contributed by atoms with Gasteiger partial charge in [0.1, 0.15) is 5.82 Å². The van der Waals surface area contributed by atoms with E-state index in [1.54, 1.807) is 19.1 Å². The van der Waals surface area contributed by atoms with E-state index >= 15 is 0 Å². The summed E-state index contributed by atoms with van der Waals surface area (Å²) in [5, 5.41) is 9.26. The fourth-order valence-corrected chi connectivity index (χ4v) is 2.73. The number of benzene rings is 1. The molecule has 2 nitrogen and oxygen atoms in total. The molecule has 1 N–H and O–H groups in total. The first-order chi connectivity index (χ1) is 8.01. The zero-order chi connectivity index (χ0) is 12.6. The van der Waals surface area contributed by atoms with Crippen LogP contribution in [0.1, 0.15) is 37.3 Å². The van der Waals surface area contributed by atoms with Crippen LogP contribution < -0.4 is 0 Å². The lowest BCUT2D eigenvalue weighted by atomic mass is 9.80. The van der Waals surface area contributed by atoms with Crippen LogP contribution in [0.25, 0.3) is 0 Å². The van der Waals surface area contributed by atoms with Crippen LogP contribution in [0.3, 0.4) is 0 Å². The van der Waals surface area contributed by atoms with Gasteiger partial charge in [-0.1, -0.05) is 19.1 Å². The average Bonchev–Trinajstić information content (AvgIpc) is 3.04. The number of aliphatic carboxylic acids is 1. The summed E-state index contributed by atoms with van der Waals surface area (Å²) >= 11 is 0. The van der Waals surface area contributed by atoms with Crippen LogP contribution in [-0.2, 0) is 10.2 Å². The number of hydrogen-bond acceptors (Lipinski definition) is 1. The highest BCUT2D eigenvalue weighted by molar-refractivity contribution is 5.73. The normalized spacial score (nSPS) is 18.8. The third kappa shape index (κ3) is 1.94. The van der Waals surface area contributed by atoms with E-state index in [0.717, 1.165) is 18.4 Å². The van der Waals surface area contributed by atoms with Gasteiger partial charge in [0, 0.05) is 5.41 Å². The van der Waals surface area contributed by atoms with Gasteiger partial charge in [0.2, 0.25) is 0 Å². The second kappa shape index (κ2) is 4.13. The van der Waals surface area contributed by atoms with Crippen LogP contribution in [0, 0.1) is 18.7 Å². The van der Waals surface area contributed by atoms with Gasteiger partial charge in [-0.05, 0) is 43.4 Å². The SMILES string of the molecule is CCC(C(=O)O)C1(c2ccc(F)c(C)c2)CC1. The Morgan fingerprint density at radius 1 is 1.53 bits per heavy atom. The standard InChI is InChI=1S/C14H17FO2/c1-3-11(13(16)17)14(6-7-14)10-4-5-12(15)9(2)8-10/h4-5,8,11H,3,6-7H2,1-2H3,(H,16,17). The highest BCUT2D eigenvalue weighted by atomic mass is 19.1. The molecule has 1 aromatic rings. The quantitative estimate of drug-likeness (QED) is 0.871. The maximum atomic E-state index is 13.2. The first-order valence-electron chi connectivity index (χ1n) is 6.00. The number of hydrogen-bond donors (Lipinski definition) is 1. The summed E-state index contributed by atoms with van der Waals surface area (Å²) in [5.74, 6) is -1.33. The maximum Gasteiger partial charge on any atom is 0.307 e. The van der Waals surface area contributed by atoms with Gasteiger partial charge in [0.15, 0.2) is 0 Å². The Kier molecular flexibility index (Phi) is 2.94. The molecule has 1 aliphatic carbocycles. The molecule has 2 rings (SSSR count). The molecule has 1 aromatic carbocycles. The molecule has 92 valence electrons. The molecule has 1 atom stereocenters. The van der Waals surface area contributed by atoms with Crippen molar-refractivity contribution in [3.63, 3.8) is 0 Å². The van der Waals surface area contributed by atoms with Gasteiger partial charge in [-0.25, -0.2) is 4.39 Å². The summed E-state index contributed by atoms with van der Waals surface area (Å²) < 4.78 is 13.2. The fraction of sp³-hybridized carbons (Fsp3) is 0.500. The van der Waals surface area contributed by atoms with E-state index in [-0.39, 0.29) is 17.2 Å². The Bertz CT molecular complexity index is 450. The summed E-state index contributed by atoms with van der Waals surface area (Å²) in [5.41, 5.74) is 1.32. The van der Waals surface area contributed by atoms with Crippen molar-refractivity contribution in [1.29, 1.82) is 0 Å². The molecule has 1 saturated carbocycles. The fourth-order valence-electron chi connectivity index (χ4n) is 2.73. The van der Waals surface area contributed by atoms with Crippen LogP contribution in [0.15, 0.2) is 18.2 Å². The second-order valence-corrected chi connectivity index (χ2v) is 4.92. The van der Waals surface area contributed by atoms with Crippen molar-refractivity contribution in [3.8, 4) is 0 Å². The first kappa shape index (κ1) is 12.1. The third-order valence-corrected chi connectivity index (χ3v) is 3.89. The highest BCUT2D eigenvalue weighted by Crippen LogP contribution is 2.55. The lowest BCUT2D eigenvalue weighted by Crippen LogP contribution is -2.27. The smallest absolute Gasteiger partial charge is 0.307 e. The molecule has 0 spiro atoms. The average molecular weight is 236 g/mol. The lowest BCUT2D eigenvalue weighted by molar-refractivity contribution is -0.143.